The fourth-order valence-corrected chi connectivity index (χ4v) is 2.34. The van der Waals surface area contributed by atoms with Crippen molar-refractivity contribution in [2.45, 2.75) is 6.42 Å². The van der Waals surface area contributed by atoms with E-state index in [1.54, 1.807) is 0 Å². The van der Waals surface area contributed by atoms with Crippen LogP contribution in [0, 0.1) is 5.92 Å². The number of hydrogen-bond donors (Lipinski definition) is 1. The summed E-state index contributed by atoms with van der Waals surface area (Å²) in [5, 5.41) is 9.11. The molecule has 3 aliphatic carbocycles. The molecular weight excluding hydrogens is 148 g/mol. The van der Waals surface area contributed by atoms with Crippen LogP contribution in [0.2, 0.25) is 0 Å². The van der Waals surface area contributed by atoms with E-state index in [1.807, 2.05) is 0 Å². The van der Waals surface area contributed by atoms with Crippen LogP contribution in [-0.2, 0) is 0 Å². The van der Waals surface area contributed by atoms with Crippen LogP contribution in [0.5, 0.6) is 0 Å². The van der Waals surface area contributed by atoms with Gasteiger partial charge in [0.25, 0.3) is 0 Å². The Morgan fingerprint density at radius 1 is 1.25 bits per heavy atom. The van der Waals surface area contributed by atoms with Crippen molar-refractivity contribution in [3.05, 3.63) is 46.6 Å². The first-order chi connectivity index (χ1) is 5.90. The monoisotopic (exact) mass is 158 g/mol. The highest BCUT2D eigenvalue weighted by atomic mass is 16.3. The van der Waals surface area contributed by atoms with E-state index in [1.165, 1.54) is 22.3 Å². The minimum atomic E-state index is 0.250. The Morgan fingerprint density at radius 3 is 2.92 bits per heavy atom. The molecule has 0 amide bonds. The molecular formula is C11H10O. The Morgan fingerprint density at radius 2 is 2.08 bits per heavy atom. The molecule has 60 valence electrons. The van der Waals surface area contributed by atoms with Gasteiger partial charge in [0.1, 0.15) is 0 Å². The van der Waals surface area contributed by atoms with Crippen molar-refractivity contribution in [3.63, 3.8) is 0 Å². The van der Waals surface area contributed by atoms with Gasteiger partial charge in [-0.05, 0) is 28.7 Å². The lowest BCUT2D eigenvalue weighted by molar-refractivity contribution is 0.271. The van der Waals surface area contributed by atoms with Gasteiger partial charge < -0.3 is 5.11 Å². The first kappa shape index (κ1) is 6.44. The van der Waals surface area contributed by atoms with E-state index in [2.05, 4.69) is 24.3 Å². The summed E-state index contributed by atoms with van der Waals surface area (Å²) >= 11 is 0. The predicted octanol–water partition coefficient (Wildman–Crippen LogP) is 1.73. The molecule has 1 atom stereocenters. The molecule has 1 N–H and O–H groups in total. The summed E-state index contributed by atoms with van der Waals surface area (Å²) < 4.78 is 0. The molecule has 0 spiro atoms. The van der Waals surface area contributed by atoms with Gasteiger partial charge >= 0.3 is 0 Å². The van der Waals surface area contributed by atoms with Crippen molar-refractivity contribution < 1.29 is 5.11 Å². The lowest BCUT2D eigenvalue weighted by atomic mass is 9.97. The molecule has 0 heterocycles. The van der Waals surface area contributed by atoms with Gasteiger partial charge in [-0.3, -0.25) is 0 Å². The summed E-state index contributed by atoms with van der Waals surface area (Å²) in [7, 11) is 0. The second kappa shape index (κ2) is 1.99. The van der Waals surface area contributed by atoms with Gasteiger partial charge in [-0.1, -0.05) is 24.3 Å². The van der Waals surface area contributed by atoms with E-state index < -0.39 is 0 Å². The number of allylic oxidation sites excluding steroid dienone is 6. The van der Waals surface area contributed by atoms with E-state index in [4.69, 9.17) is 5.11 Å². The van der Waals surface area contributed by atoms with Crippen LogP contribution in [0.15, 0.2) is 46.6 Å². The third-order valence-corrected chi connectivity index (χ3v) is 2.91. The Kier molecular flexibility index (Phi) is 1.07. The van der Waals surface area contributed by atoms with Crippen LogP contribution in [0.4, 0.5) is 0 Å². The lowest BCUT2D eigenvalue weighted by Crippen LogP contribution is -2.03. The van der Waals surface area contributed by atoms with Crippen LogP contribution in [0.25, 0.3) is 0 Å². The van der Waals surface area contributed by atoms with Crippen molar-refractivity contribution in [1.29, 1.82) is 0 Å². The van der Waals surface area contributed by atoms with Gasteiger partial charge in [0, 0.05) is 5.92 Å². The Balaban J connectivity index is 2.19. The third kappa shape index (κ3) is 0.585. The smallest absolute Gasteiger partial charge is 0.0534 e. The SMILES string of the molecule is OCC1C=CC2=C3C=CC(=C21)C3. The molecule has 0 aromatic carbocycles. The Labute approximate surface area is 71.4 Å². The summed E-state index contributed by atoms with van der Waals surface area (Å²) in [6.07, 6.45) is 9.74. The summed E-state index contributed by atoms with van der Waals surface area (Å²) in [5.74, 6) is 0.275. The molecule has 3 aliphatic rings. The molecule has 0 aromatic heterocycles. The fraction of sp³-hybridized carbons (Fsp3) is 0.273. The lowest BCUT2D eigenvalue weighted by Gasteiger charge is -2.09. The highest BCUT2D eigenvalue weighted by molar-refractivity contribution is 5.67. The fourth-order valence-electron chi connectivity index (χ4n) is 2.34. The van der Waals surface area contributed by atoms with Crippen LogP contribution in [0.3, 0.4) is 0 Å². The maximum Gasteiger partial charge on any atom is 0.0534 e. The molecule has 0 radical (unpaired) electrons. The van der Waals surface area contributed by atoms with Crippen molar-refractivity contribution in [1.82, 2.24) is 0 Å². The van der Waals surface area contributed by atoms with Gasteiger partial charge in [0.2, 0.25) is 0 Å². The Bertz CT molecular complexity index is 366. The summed E-state index contributed by atoms with van der Waals surface area (Å²) in [6, 6.07) is 0. The maximum absolute atomic E-state index is 9.11. The van der Waals surface area contributed by atoms with Gasteiger partial charge in [0.05, 0.1) is 6.61 Å². The van der Waals surface area contributed by atoms with Gasteiger partial charge in [-0.2, -0.15) is 0 Å². The van der Waals surface area contributed by atoms with Crippen molar-refractivity contribution >= 4 is 0 Å². The van der Waals surface area contributed by atoms with Crippen molar-refractivity contribution in [3.8, 4) is 0 Å². The third-order valence-electron chi connectivity index (χ3n) is 2.91. The quantitative estimate of drug-likeness (QED) is 0.616. The average Bonchev–Trinajstić information content (AvgIpc) is 2.76. The number of aliphatic hydroxyl groups excluding tert-OH is 1. The molecule has 0 fully saturated rings. The van der Waals surface area contributed by atoms with Gasteiger partial charge in [-0.15, -0.1) is 0 Å². The molecule has 1 unspecified atom stereocenters. The minimum Gasteiger partial charge on any atom is -0.395 e. The summed E-state index contributed by atoms with van der Waals surface area (Å²) in [4.78, 5) is 0. The standard InChI is InChI=1S/C11H10O/c12-6-9-3-4-10-7-1-2-8(5-7)11(9)10/h1-4,9,12H,5-6H2. The second-order valence-corrected chi connectivity index (χ2v) is 3.54. The summed E-state index contributed by atoms with van der Waals surface area (Å²) in [6.45, 7) is 0.250. The van der Waals surface area contributed by atoms with Crippen LogP contribution in [0.1, 0.15) is 6.42 Å². The molecule has 2 bridgehead atoms. The molecule has 0 aromatic rings. The molecule has 0 saturated heterocycles. The predicted molar refractivity (Wildman–Crippen MR) is 47.5 cm³/mol. The van der Waals surface area contributed by atoms with E-state index in [-0.39, 0.29) is 12.5 Å². The highest BCUT2D eigenvalue weighted by Gasteiger charge is 2.31. The average molecular weight is 158 g/mol. The zero-order chi connectivity index (χ0) is 8.13. The molecule has 0 saturated carbocycles. The minimum absolute atomic E-state index is 0.250. The van der Waals surface area contributed by atoms with Crippen LogP contribution >= 0.6 is 0 Å². The van der Waals surface area contributed by atoms with Gasteiger partial charge in [0.15, 0.2) is 0 Å². The highest BCUT2D eigenvalue weighted by Crippen LogP contribution is 2.46. The van der Waals surface area contributed by atoms with Crippen molar-refractivity contribution in [2.75, 3.05) is 6.61 Å². The largest absolute Gasteiger partial charge is 0.395 e. The number of hydrogen-bond acceptors (Lipinski definition) is 1. The van der Waals surface area contributed by atoms with Crippen LogP contribution < -0.4 is 0 Å². The topological polar surface area (TPSA) is 20.2 Å². The maximum atomic E-state index is 9.11. The first-order valence-corrected chi connectivity index (χ1v) is 4.34. The summed E-state index contributed by atoms with van der Waals surface area (Å²) in [5.41, 5.74) is 5.62. The normalized spacial score (nSPS) is 29.6. The van der Waals surface area contributed by atoms with E-state index in [9.17, 15) is 0 Å². The zero-order valence-corrected chi connectivity index (χ0v) is 6.75. The van der Waals surface area contributed by atoms with Crippen LogP contribution in [-0.4, -0.2) is 11.7 Å². The number of fused-ring (bicyclic) bond motifs is 3. The van der Waals surface area contributed by atoms with Gasteiger partial charge in [-0.25, -0.2) is 0 Å². The molecule has 0 aliphatic heterocycles. The number of rotatable bonds is 1. The number of aliphatic hydroxyl groups is 1. The Hall–Kier alpha value is -1.08. The zero-order valence-electron chi connectivity index (χ0n) is 6.75. The molecule has 12 heavy (non-hydrogen) atoms. The van der Waals surface area contributed by atoms with E-state index in [0.29, 0.717) is 0 Å². The van der Waals surface area contributed by atoms with Crippen molar-refractivity contribution in [2.24, 2.45) is 5.92 Å². The molecule has 3 rings (SSSR count). The first-order valence-electron chi connectivity index (χ1n) is 4.34. The molecule has 1 nitrogen and oxygen atoms in total. The second-order valence-electron chi connectivity index (χ2n) is 3.54. The van der Waals surface area contributed by atoms with E-state index >= 15 is 0 Å². The van der Waals surface area contributed by atoms with E-state index in [0.717, 1.165) is 6.42 Å². The molecule has 1 heteroatoms.